The van der Waals surface area contributed by atoms with E-state index in [2.05, 4.69) is 41.1 Å². The highest BCUT2D eigenvalue weighted by Crippen LogP contribution is 2.33. The summed E-state index contributed by atoms with van der Waals surface area (Å²) in [6, 6.07) is 13.3. The molecule has 2 saturated heterocycles. The van der Waals surface area contributed by atoms with Crippen LogP contribution in [0, 0.1) is 0 Å². The predicted octanol–water partition coefficient (Wildman–Crippen LogP) is 3.87. The molecule has 1 aromatic heterocycles. The Morgan fingerprint density at radius 2 is 1.52 bits per heavy atom. The molecule has 0 bridgehead atoms. The van der Waals surface area contributed by atoms with E-state index in [1.165, 1.54) is 50.9 Å². The molecular weight excluding hydrogens is 384 g/mol. The van der Waals surface area contributed by atoms with Gasteiger partial charge in [-0.2, -0.15) is 0 Å². The van der Waals surface area contributed by atoms with Gasteiger partial charge in [-0.15, -0.1) is 0 Å². The van der Waals surface area contributed by atoms with Crippen molar-refractivity contribution in [1.29, 1.82) is 0 Å². The van der Waals surface area contributed by atoms with Crippen molar-refractivity contribution >= 4 is 5.91 Å². The van der Waals surface area contributed by atoms with Crippen molar-refractivity contribution in [2.24, 2.45) is 0 Å². The van der Waals surface area contributed by atoms with Crippen LogP contribution in [0.3, 0.4) is 0 Å². The van der Waals surface area contributed by atoms with Crippen LogP contribution >= 0.6 is 0 Å². The number of likely N-dealkylation sites (N-methyl/N-ethyl adjacent to an activating group) is 1. The summed E-state index contributed by atoms with van der Waals surface area (Å²) in [6.45, 7) is 5.95. The average molecular weight is 419 g/mol. The zero-order chi connectivity index (χ0) is 21.2. The van der Waals surface area contributed by atoms with E-state index in [9.17, 15) is 4.79 Å². The van der Waals surface area contributed by atoms with Crippen LogP contribution in [-0.4, -0.2) is 77.9 Å². The molecule has 3 heterocycles. The lowest BCUT2D eigenvalue weighted by molar-refractivity contribution is 0.0664. The van der Waals surface area contributed by atoms with Gasteiger partial charge in [0.15, 0.2) is 0 Å². The van der Waals surface area contributed by atoms with Crippen molar-refractivity contribution in [1.82, 2.24) is 19.7 Å². The number of nitrogens with zero attached hydrogens (tertiary/aromatic N) is 4. The molecule has 5 rings (SSSR count). The quantitative estimate of drug-likeness (QED) is 0.756. The molecule has 0 N–H and O–H groups in total. The smallest absolute Gasteiger partial charge is 0.253 e. The first-order chi connectivity index (χ1) is 15.2. The zero-order valence-electron chi connectivity index (χ0n) is 18.7. The molecule has 1 amide bonds. The molecule has 31 heavy (non-hydrogen) atoms. The summed E-state index contributed by atoms with van der Waals surface area (Å²) < 4.78 is 0. The Hall–Kier alpha value is -2.24. The maximum absolute atomic E-state index is 12.8. The number of rotatable bonds is 4. The van der Waals surface area contributed by atoms with Gasteiger partial charge in [-0.3, -0.25) is 9.78 Å². The van der Waals surface area contributed by atoms with Gasteiger partial charge >= 0.3 is 0 Å². The second-order valence-electron chi connectivity index (χ2n) is 9.54. The zero-order valence-corrected chi connectivity index (χ0v) is 18.7. The number of hydrogen-bond acceptors (Lipinski definition) is 4. The normalized spacial score (nSPS) is 21.8. The number of pyridine rings is 1. The lowest BCUT2D eigenvalue weighted by Gasteiger charge is -2.41. The summed E-state index contributed by atoms with van der Waals surface area (Å²) in [4.78, 5) is 24.5. The molecular formula is C26H34N4O. The van der Waals surface area contributed by atoms with Crippen LogP contribution in [0.4, 0.5) is 0 Å². The first-order valence-corrected chi connectivity index (χ1v) is 12.0. The highest BCUT2D eigenvalue weighted by Gasteiger charge is 2.29. The Balaban J connectivity index is 1.19. The standard InChI is InChI=1S/C26H34N4O/c1-28-15-17-30(18-16-28)26(31)22-7-5-20(6-8-22)23-9-10-25(27-19-23)21-11-13-29(14-12-21)24-3-2-4-24/h5-10,19,21,24H,2-4,11-18H2,1H3. The molecule has 5 nitrogen and oxygen atoms in total. The van der Waals surface area contributed by atoms with Gasteiger partial charge in [0.05, 0.1) is 0 Å². The van der Waals surface area contributed by atoms with Crippen LogP contribution < -0.4 is 0 Å². The van der Waals surface area contributed by atoms with Gasteiger partial charge in [0.2, 0.25) is 0 Å². The second-order valence-corrected chi connectivity index (χ2v) is 9.54. The molecule has 2 aromatic rings. The Bertz CT molecular complexity index is 875. The van der Waals surface area contributed by atoms with Crippen molar-refractivity contribution < 1.29 is 4.79 Å². The number of amides is 1. The van der Waals surface area contributed by atoms with Crippen molar-refractivity contribution in [3.05, 3.63) is 53.9 Å². The maximum atomic E-state index is 12.8. The number of carbonyl (C=O) groups is 1. The van der Waals surface area contributed by atoms with Gasteiger partial charge in [-0.25, -0.2) is 0 Å². The van der Waals surface area contributed by atoms with Crippen molar-refractivity contribution in [3.63, 3.8) is 0 Å². The van der Waals surface area contributed by atoms with Gasteiger partial charge in [0, 0.05) is 61.2 Å². The van der Waals surface area contributed by atoms with Crippen LogP contribution in [0.2, 0.25) is 0 Å². The van der Waals surface area contributed by atoms with Gasteiger partial charge in [-0.05, 0) is 69.6 Å². The third kappa shape index (κ3) is 4.53. The SMILES string of the molecule is CN1CCN(C(=O)c2ccc(-c3ccc(C4CCN(C5CCC5)CC4)nc3)cc2)CC1. The van der Waals surface area contributed by atoms with E-state index in [4.69, 9.17) is 4.98 Å². The second kappa shape index (κ2) is 9.09. The molecule has 1 saturated carbocycles. The molecule has 1 aliphatic carbocycles. The van der Waals surface area contributed by atoms with Gasteiger partial charge < -0.3 is 14.7 Å². The minimum absolute atomic E-state index is 0.140. The molecule has 1 aromatic carbocycles. The number of hydrogen-bond donors (Lipinski definition) is 0. The number of carbonyl (C=O) groups excluding carboxylic acids is 1. The first-order valence-electron chi connectivity index (χ1n) is 12.0. The summed E-state index contributed by atoms with van der Waals surface area (Å²) in [6.07, 6.45) is 8.68. The minimum Gasteiger partial charge on any atom is -0.336 e. The van der Waals surface area contributed by atoms with Crippen molar-refractivity contribution in [2.75, 3.05) is 46.3 Å². The lowest BCUT2D eigenvalue weighted by Crippen LogP contribution is -2.47. The monoisotopic (exact) mass is 418 g/mol. The molecule has 164 valence electrons. The Morgan fingerprint density at radius 1 is 0.839 bits per heavy atom. The van der Waals surface area contributed by atoms with E-state index in [1.807, 2.05) is 23.2 Å². The summed E-state index contributed by atoms with van der Waals surface area (Å²) in [5, 5.41) is 0. The maximum Gasteiger partial charge on any atom is 0.253 e. The molecule has 3 fully saturated rings. The van der Waals surface area contributed by atoms with Crippen LogP contribution in [-0.2, 0) is 0 Å². The van der Waals surface area contributed by atoms with E-state index < -0.39 is 0 Å². The van der Waals surface area contributed by atoms with Crippen LogP contribution in [0.15, 0.2) is 42.6 Å². The molecule has 3 aliphatic rings. The summed E-state index contributed by atoms with van der Waals surface area (Å²) in [5.41, 5.74) is 4.25. The summed E-state index contributed by atoms with van der Waals surface area (Å²) in [5.74, 6) is 0.732. The van der Waals surface area contributed by atoms with Crippen molar-refractivity contribution in [3.8, 4) is 11.1 Å². The van der Waals surface area contributed by atoms with Crippen LogP contribution in [0.5, 0.6) is 0 Å². The topological polar surface area (TPSA) is 39.7 Å². The Morgan fingerprint density at radius 3 is 2.10 bits per heavy atom. The van der Waals surface area contributed by atoms with Gasteiger partial charge in [-0.1, -0.05) is 24.6 Å². The minimum atomic E-state index is 0.140. The number of piperidine rings is 1. The van der Waals surface area contributed by atoms with Gasteiger partial charge in [0.25, 0.3) is 5.91 Å². The Labute approximate surface area is 186 Å². The molecule has 0 unspecified atom stereocenters. The lowest BCUT2D eigenvalue weighted by atomic mass is 9.86. The molecule has 2 aliphatic heterocycles. The van der Waals surface area contributed by atoms with E-state index in [-0.39, 0.29) is 5.91 Å². The van der Waals surface area contributed by atoms with Crippen LogP contribution in [0.1, 0.15) is 54.1 Å². The largest absolute Gasteiger partial charge is 0.336 e. The molecule has 0 atom stereocenters. The van der Waals surface area contributed by atoms with Gasteiger partial charge in [0.1, 0.15) is 0 Å². The fourth-order valence-corrected chi connectivity index (χ4v) is 5.13. The fourth-order valence-electron chi connectivity index (χ4n) is 5.13. The molecule has 0 spiro atoms. The number of piperazine rings is 1. The van der Waals surface area contributed by atoms with Crippen molar-refractivity contribution in [2.45, 2.75) is 44.1 Å². The highest BCUT2D eigenvalue weighted by molar-refractivity contribution is 5.94. The first kappa shape index (κ1) is 20.7. The average Bonchev–Trinajstić information content (AvgIpc) is 2.79. The summed E-state index contributed by atoms with van der Waals surface area (Å²) >= 11 is 0. The van der Waals surface area contributed by atoms with E-state index in [0.29, 0.717) is 5.92 Å². The fraction of sp³-hybridized carbons (Fsp3) is 0.538. The highest BCUT2D eigenvalue weighted by atomic mass is 16.2. The Kier molecular flexibility index (Phi) is 6.06. The number of likely N-dealkylation sites (tertiary alicyclic amines) is 1. The predicted molar refractivity (Wildman–Crippen MR) is 124 cm³/mol. The number of benzene rings is 1. The van der Waals surface area contributed by atoms with E-state index in [1.54, 1.807) is 0 Å². The third-order valence-electron chi connectivity index (χ3n) is 7.58. The molecule has 0 radical (unpaired) electrons. The van der Waals surface area contributed by atoms with Crippen LogP contribution in [0.25, 0.3) is 11.1 Å². The summed E-state index contributed by atoms with van der Waals surface area (Å²) in [7, 11) is 2.11. The number of aromatic nitrogens is 1. The van der Waals surface area contributed by atoms with E-state index >= 15 is 0 Å². The van der Waals surface area contributed by atoms with E-state index in [0.717, 1.165) is 48.9 Å². The third-order valence-corrected chi connectivity index (χ3v) is 7.58. The molecule has 5 heteroatoms.